The SMILES string of the molecule is COc1ccc(/C=C(\C#N)C(=O)Nc2ccccc2C)c(OCc2cccc(Cl)c2)c1. The van der Waals surface area contributed by atoms with Crippen molar-refractivity contribution in [1.29, 1.82) is 5.26 Å². The number of nitrogens with one attached hydrogen (secondary N) is 1. The molecule has 0 aliphatic rings. The number of nitrogens with zero attached hydrogens (tertiary/aromatic N) is 1. The van der Waals surface area contributed by atoms with Crippen LogP contribution in [0.4, 0.5) is 5.69 Å². The number of amides is 1. The van der Waals surface area contributed by atoms with Crippen molar-refractivity contribution in [2.24, 2.45) is 0 Å². The Labute approximate surface area is 186 Å². The van der Waals surface area contributed by atoms with Crippen molar-refractivity contribution < 1.29 is 14.3 Å². The van der Waals surface area contributed by atoms with Gasteiger partial charge in [-0.1, -0.05) is 41.9 Å². The van der Waals surface area contributed by atoms with Crippen LogP contribution >= 0.6 is 11.6 Å². The molecule has 5 nitrogen and oxygen atoms in total. The Bertz CT molecular complexity index is 1170. The highest BCUT2D eigenvalue weighted by atomic mass is 35.5. The Hall–Kier alpha value is -3.75. The Kier molecular flexibility index (Phi) is 7.31. The molecule has 0 saturated carbocycles. The molecular formula is C25H21ClN2O3. The zero-order chi connectivity index (χ0) is 22.2. The van der Waals surface area contributed by atoms with Gasteiger partial charge in [0.25, 0.3) is 5.91 Å². The minimum atomic E-state index is -0.492. The molecule has 0 unspecified atom stereocenters. The van der Waals surface area contributed by atoms with E-state index in [1.807, 2.05) is 49.4 Å². The van der Waals surface area contributed by atoms with Crippen LogP contribution in [0.3, 0.4) is 0 Å². The van der Waals surface area contributed by atoms with Crippen LogP contribution in [0.25, 0.3) is 6.08 Å². The molecule has 31 heavy (non-hydrogen) atoms. The standard InChI is InChI=1S/C25H21ClN2O3/c1-17-6-3-4-9-23(17)28-25(29)20(15-27)13-19-10-11-22(30-2)14-24(19)31-16-18-7-5-8-21(26)12-18/h3-14H,16H2,1-2H3,(H,28,29)/b20-13+. The van der Waals surface area contributed by atoms with Gasteiger partial charge in [0.1, 0.15) is 29.7 Å². The van der Waals surface area contributed by atoms with E-state index in [1.54, 1.807) is 37.4 Å². The van der Waals surface area contributed by atoms with Gasteiger partial charge in [-0.05, 0) is 54.5 Å². The average molecular weight is 433 g/mol. The first-order valence-electron chi connectivity index (χ1n) is 9.54. The summed E-state index contributed by atoms with van der Waals surface area (Å²) in [6.45, 7) is 2.16. The van der Waals surface area contributed by atoms with Gasteiger partial charge in [0.15, 0.2) is 0 Å². The summed E-state index contributed by atoms with van der Waals surface area (Å²) < 4.78 is 11.2. The monoisotopic (exact) mass is 432 g/mol. The van der Waals surface area contributed by atoms with Crippen LogP contribution in [0.15, 0.2) is 72.3 Å². The molecule has 0 heterocycles. The number of carbonyl (C=O) groups excluding carboxylic acids is 1. The Morgan fingerprint density at radius 2 is 1.94 bits per heavy atom. The van der Waals surface area contributed by atoms with Crippen LogP contribution in [0.5, 0.6) is 11.5 Å². The largest absolute Gasteiger partial charge is 0.497 e. The zero-order valence-electron chi connectivity index (χ0n) is 17.2. The summed E-state index contributed by atoms with van der Waals surface area (Å²) in [4.78, 5) is 12.7. The third-order valence-corrected chi connectivity index (χ3v) is 4.80. The molecular weight excluding hydrogens is 412 g/mol. The first kappa shape index (κ1) is 21.9. The number of para-hydroxylation sites is 1. The van der Waals surface area contributed by atoms with Gasteiger partial charge in [0.05, 0.1) is 7.11 Å². The van der Waals surface area contributed by atoms with E-state index in [4.69, 9.17) is 21.1 Å². The van der Waals surface area contributed by atoms with E-state index in [0.29, 0.717) is 27.8 Å². The topological polar surface area (TPSA) is 71.3 Å². The lowest BCUT2D eigenvalue weighted by Gasteiger charge is -2.12. The second-order valence-electron chi connectivity index (χ2n) is 6.76. The van der Waals surface area contributed by atoms with Gasteiger partial charge < -0.3 is 14.8 Å². The van der Waals surface area contributed by atoms with E-state index in [9.17, 15) is 10.1 Å². The number of ether oxygens (including phenoxy) is 2. The average Bonchev–Trinajstić information content (AvgIpc) is 2.78. The van der Waals surface area contributed by atoms with Gasteiger partial charge >= 0.3 is 0 Å². The van der Waals surface area contributed by atoms with Crippen LogP contribution in [0.1, 0.15) is 16.7 Å². The molecule has 0 aliphatic carbocycles. The van der Waals surface area contributed by atoms with Crippen LogP contribution in [-0.4, -0.2) is 13.0 Å². The molecule has 0 spiro atoms. The molecule has 0 fully saturated rings. The van der Waals surface area contributed by atoms with E-state index < -0.39 is 5.91 Å². The van der Waals surface area contributed by atoms with Crippen molar-refractivity contribution >= 4 is 29.3 Å². The number of rotatable bonds is 7. The minimum Gasteiger partial charge on any atom is -0.497 e. The summed E-state index contributed by atoms with van der Waals surface area (Å²) in [5, 5.41) is 13.0. The van der Waals surface area contributed by atoms with Crippen molar-refractivity contribution in [3.05, 3.63) is 94.0 Å². The molecule has 6 heteroatoms. The normalized spacial score (nSPS) is 10.8. The quantitative estimate of drug-likeness (QED) is 0.379. The van der Waals surface area contributed by atoms with E-state index >= 15 is 0 Å². The van der Waals surface area contributed by atoms with E-state index in [-0.39, 0.29) is 12.2 Å². The molecule has 1 amide bonds. The third kappa shape index (κ3) is 5.88. The predicted octanol–water partition coefficient (Wildman–Crippen LogP) is 5.78. The summed E-state index contributed by atoms with van der Waals surface area (Å²) in [7, 11) is 1.56. The van der Waals surface area contributed by atoms with Gasteiger partial charge in [0.2, 0.25) is 0 Å². The molecule has 1 N–H and O–H groups in total. The molecule has 0 saturated heterocycles. The lowest BCUT2D eigenvalue weighted by Crippen LogP contribution is -2.14. The number of methoxy groups -OCH3 is 1. The van der Waals surface area contributed by atoms with E-state index in [1.165, 1.54) is 6.08 Å². The molecule has 0 bridgehead atoms. The van der Waals surface area contributed by atoms with Crippen molar-refractivity contribution in [1.82, 2.24) is 0 Å². The summed E-state index contributed by atoms with van der Waals surface area (Å²) in [5.41, 5.74) is 2.99. The number of benzene rings is 3. The van der Waals surface area contributed by atoms with Gasteiger partial charge in [-0.2, -0.15) is 5.26 Å². The van der Waals surface area contributed by atoms with Gasteiger partial charge in [-0.3, -0.25) is 4.79 Å². The summed E-state index contributed by atoms with van der Waals surface area (Å²) in [6, 6.07) is 21.9. The van der Waals surface area contributed by atoms with Gasteiger partial charge in [0, 0.05) is 22.3 Å². The first-order chi connectivity index (χ1) is 15.0. The van der Waals surface area contributed by atoms with Gasteiger partial charge in [-0.25, -0.2) is 0 Å². The number of aryl methyl sites for hydroxylation is 1. The molecule has 0 radical (unpaired) electrons. The molecule has 3 aromatic rings. The molecule has 3 rings (SSSR count). The van der Waals surface area contributed by atoms with Crippen molar-refractivity contribution in [2.45, 2.75) is 13.5 Å². The summed E-state index contributed by atoms with van der Waals surface area (Å²) in [5.74, 6) is 0.588. The zero-order valence-corrected chi connectivity index (χ0v) is 17.9. The number of carbonyl (C=O) groups is 1. The maximum Gasteiger partial charge on any atom is 0.266 e. The number of nitriles is 1. The summed E-state index contributed by atoms with van der Waals surface area (Å²) in [6.07, 6.45) is 1.50. The third-order valence-electron chi connectivity index (χ3n) is 4.56. The van der Waals surface area contributed by atoms with Crippen molar-refractivity contribution in [3.8, 4) is 17.6 Å². The molecule has 156 valence electrons. The highest BCUT2D eigenvalue weighted by Crippen LogP contribution is 2.28. The molecule has 0 aromatic heterocycles. The Morgan fingerprint density at radius 1 is 1.13 bits per heavy atom. The molecule has 3 aromatic carbocycles. The molecule has 0 atom stereocenters. The molecule has 0 aliphatic heterocycles. The van der Waals surface area contributed by atoms with E-state index in [0.717, 1.165) is 11.1 Å². The fraction of sp³-hybridized carbons (Fsp3) is 0.120. The number of halogens is 1. The highest BCUT2D eigenvalue weighted by molar-refractivity contribution is 6.30. The maximum atomic E-state index is 12.7. The Balaban J connectivity index is 1.87. The Morgan fingerprint density at radius 3 is 2.65 bits per heavy atom. The van der Waals surface area contributed by atoms with E-state index in [2.05, 4.69) is 5.32 Å². The number of hydrogen-bond acceptors (Lipinski definition) is 4. The second-order valence-corrected chi connectivity index (χ2v) is 7.20. The van der Waals surface area contributed by atoms with Crippen molar-refractivity contribution in [2.75, 3.05) is 12.4 Å². The number of hydrogen-bond donors (Lipinski definition) is 1. The van der Waals surface area contributed by atoms with Crippen LogP contribution < -0.4 is 14.8 Å². The highest BCUT2D eigenvalue weighted by Gasteiger charge is 2.13. The number of anilines is 1. The van der Waals surface area contributed by atoms with Gasteiger partial charge in [-0.15, -0.1) is 0 Å². The fourth-order valence-corrected chi connectivity index (χ4v) is 3.09. The summed E-state index contributed by atoms with van der Waals surface area (Å²) >= 11 is 6.04. The fourth-order valence-electron chi connectivity index (χ4n) is 2.88. The maximum absolute atomic E-state index is 12.7. The van der Waals surface area contributed by atoms with Crippen LogP contribution in [0, 0.1) is 18.3 Å². The van der Waals surface area contributed by atoms with Crippen molar-refractivity contribution in [3.63, 3.8) is 0 Å². The lowest BCUT2D eigenvalue weighted by atomic mass is 10.1. The smallest absolute Gasteiger partial charge is 0.266 e. The predicted molar refractivity (Wildman–Crippen MR) is 122 cm³/mol. The van der Waals surface area contributed by atoms with Crippen LogP contribution in [0.2, 0.25) is 5.02 Å². The first-order valence-corrected chi connectivity index (χ1v) is 9.92. The van der Waals surface area contributed by atoms with Crippen LogP contribution in [-0.2, 0) is 11.4 Å². The lowest BCUT2D eigenvalue weighted by molar-refractivity contribution is -0.112. The second kappa shape index (κ2) is 10.3. The minimum absolute atomic E-state index is 0.0407.